The largest absolute Gasteiger partial charge is 0.482 e. The van der Waals surface area contributed by atoms with Crippen molar-refractivity contribution >= 4 is 17.3 Å². The Morgan fingerprint density at radius 2 is 1.79 bits per heavy atom. The van der Waals surface area contributed by atoms with Gasteiger partial charge in [0.2, 0.25) is 0 Å². The van der Waals surface area contributed by atoms with Crippen molar-refractivity contribution in [1.29, 1.82) is 0 Å². The average molecular weight is 492 g/mol. The van der Waals surface area contributed by atoms with Crippen molar-refractivity contribution < 1.29 is 27.8 Å². The smallest absolute Gasteiger partial charge is 0.416 e. The van der Waals surface area contributed by atoms with E-state index in [2.05, 4.69) is 20.8 Å². The van der Waals surface area contributed by atoms with Gasteiger partial charge in [0, 0.05) is 10.4 Å². The van der Waals surface area contributed by atoms with Crippen molar-refractivity contribution in [3.63, 3.8) is 0 Å². The maximum Gasteiger partial charge on any atom is 0.416 e. The Hall–Kier alpha value is -2.87. The normalized spacial score (nSPS) is 12.7. The Bertz CT molecular complexity index is 1140. The average Bonchev–Trinajstić information content (AvgIpc) is 3.20. The van der Waals surface area contributed by atoms with Crippen LogP contribution in [0.2, 0.25) is 0 Å². The predicted octanol–water partition coefficient (Wildman–Crippen LogP) is 7.46. The highest BCUT2D eigenvalue weighted by Crippen LogP contribution is 2.36. The number of thiazole rings is 1. The Kier molecular flexibility index (Phi) is 8.02. The van der Waals surface area contributed by atoms with Gasteiger partial charge in [-0.2, -0.15) is 13.2 Å². The van der Waals surface area contributed by atoms with Crippen LogP contribution in [0.25, 0.3) is 10.6 Å². The lowest BCUT2D eigenvalue weighted by Gasteiger charge is -2.15. The van der Waals surface area contributed by atoms with E-state index in [0.29, 0.717) is 11.3 Å². The number of carboxylic acid groups (broad SMARTS) is 1. The molecule has 1 unspecified atom stereocenters. The first kappa shape index (κ1) is 25.7. The van der Waals surface area contributed by atoms with E-state index >= 15 is 0 Å². The number of carboxylic acids is 1. The van der Waals surface area contributed by atoms with Crippen molar-refractivity contribution in [3.8, 4) is 16.3 Å². The van der Waals surface area contributed by atoms with E-state index in [1.54, 1.807) is 6.07 Å². The molecule has 0 saturated carbocycles. The van der Waals surface area contributed by atoms with Gasteiger partial charge in [-0.3, -0.25) is 0 Å². The molecule has 0 bridgehead atoms. The van der Waals surface area contributed by atoms with Crippen LogP contribution in [-0.4, -0.2) is 22.7 Å². The summed E-state index contributed by atoms with van der Waals surface area (Å²) < 4.78 is 44.0. The van der Waals surface area contributed by atoms with E-state index in [4.69, 9.17) is 14.8 Å². The minimum Gasteiger partial charge on any atom is -0.482 e. The van der Waals surface area contributed by atoms with Gasteiger partial charge >= 0.3 is 12.1 Å². The monoisotopic (exact) mass is 491 g/mol. The number of alkyl halides is 3. The van der Waals surface area contributed by atoms with Gasteiger partial charge in [0.25, 0.3) is 0 Å². The molecule has 0 amide bonds. The Labute approximate surface area is 201 Å². The molecule has 2 aromatic carbocycles. The first-order chi connectivity index (χ1) is 16.0. The highest BCUT2D eigenvalue weighted by Gasteiger charge is 2.30. The summed E-state index contributed by atoms with van der Waals surface area (Å²) in [6.07, 6.45) is -2.67. The number of carbonyl (C=O) groups is 1. The Morgan fingerprint density at radius 3 is 2.35 bits per heavy atom. The third kappa shape index (κ3) is 6.38. The molecule has 1 N–H and O–H groups in total. The van der Waals surface area contributed by atoms with Crippen LogP contribution in [-0.2, 0) is 17.4 Å². The van der Waals surface area contributed by atoms with Crippen LogP contribution >= 0.6 is 11.3 Å². The van der Waals surface area contributed by atoms with Crippen molar-refractivity contribution in [3.05, 3.63) is 69.7 Å². The van der Waals surface area contributed by atoms with E-state index in [-0.39, 0.29) is 18.4 Å². The number of rotatable bonds is 9. The van der Waals surface area contributed by atoms with Gasteiger partial charge in [0.15, 0.2) is 6.61 Å². The highest BCUT2D eigenvalue weighted by molar-refractivity contribution is 7.15. The van der Waals surface area contributed by atoms with Gasteiger partial charge < -0.3 is 9.84 Å². The number of hydrogen-bond acceptors (Lipinski definition) is 4. The number of aromatic nitrogens is 1. The van der Waals surface area contributed by atoms with Crippen LogP contribution in [0.1, 0.15) is 66.3 Å². The fraction of sp³-hybridized carbons (Fsp3) is 0.385. The van der Waals surface area contributed by atoms with Crippen molar-refractivity contribution in [2.45, 2.75) is 58.5 Å². The quantitative estimate of drug-likeness (QED) is 0.337. The molecule has 0 spiro atoms. The molecular formula is C26H28F3NO3S. The summed E-state index contributed by atoms with van der Waals surface area (Å²) in [7, 11) is 0. The summed E-state index contributed by atoms with van der Waals surface area (Å²) in [5, 5.41) is 9.52. The first-order valence-corrected chi connectivity index (χ1v) is 11.9. The molecule has 0 aliphatic heterocycles. The zero-order valence-corrected chi connectivity index (χ0v) is 20.4. The van der Waals surface area contributed by atoms with Crippen molar-refractivity contribution in [1.82, 2.24) is 4.98 Å². The summed E-state index contributed by atoms with van der Waals surface area (Å²) in [5.74, 6) is 0.00336. The second kappa shape index (κ2) is 10.6. The minimum atomic E-state index is -4.36. The number of nitrogens with zero attached hydrogens (tertiary/aromatic N) is 1. The fourth-order valence-corrected chi connectivity index (χ4v) is 4.95. The molecular weight excluding hydrogens is 463 g/mol. The number of ether oxygens (including phenoxy) is 1. The predicted molar refractivity (Wildman–Crippen MR) is 128 cm³/mol. The second-order valence-electron chi connectivity index (χ2n) is 8.70. The lowest BCUT2D eigenvalue weighted by molar-refractivity contribution is -0.139. The van der Waals surface area contributed by atoms with E-state index in [9.17, 15) is 18.0 Å². The molecule has 0 aliphatic rings. The van der Waals surface area contributed by atoms with Gasteiger partial charge in [-0.1, -0.05) is 45.0 Å². The molecule has 8 heteroatoms. The van der Waals surface area contributed by atoms with E-state index < -0.39 is 17.7 Å². The lowest BCUT2D eigenvalue weighted by Crippen LogP contribution is -2.10. The Balaban J connectivity index is 1.73. The molecule has 4 nitrogen and oxygen atoms in total. The van der Waals surface area contributed by atoms with Crippen molar-refractivity contribution in [2.24, 2.45) is 0 Å². The topological polar surface area (TPSA) is 59.4 Å². The summed E-state index contributed by atoms with van der Waals surface area (Å²) in [4.78, 5) is 16.6. The maximum atomic E-state index is 12.9. The zero-order valence-electron chi connectivity index (χ0n) is 19.6. The molecule has 1 aromatic heterocycles. The van der Waals surface area contributed by atoms with Gasteiger partial charge in [-0.25, -0.2) is 9.78 Å². The molecule has 0 aliphatic carbocycles. The Morgan fingerprint density at radius 1 is 1.12 bits per heavy atom. The molecule has 3 rings (SSSR count). The van der Waals surface area contributed by atoms with Crippen LogP contribution in [0.15, 0.2) is 42.5 Å². The van der Waals surface area contributed by atoms with E-state index in [1.807, 2.05) is 19.1 Å². The van der Waals surface area contributed by atoms with E-state index in [0.717, 1.165) is 51.7 Å². The van der Waals surface area contributed by atoms with Crippen LogP contribution in [0.4, 0.5) is 13.2 Å². The summed E-state index contributed by atoms with van der Waals surface area (Å²) >= 11 is 1.54. The maximum absolute atomic E-state index is 12.9. The number of benzene rings is 2. The highest BCUT2D eigenvalue weighted by atomic mass is 32.1. The molecule has 0 radical (unpaired) electrons. The molecule has 1 atom stereocenters. The molecule has 182 valence electrons. The molecule has 3 aromatic rings. The summed E-state index contributed by atoms with van der Waals surface area (Å²) in [6.45, 7) is 7.79. The van der Waals surface area contributed by atoms with Crippen LogP contribution < -0.4 is 4.74 Å². The standard InChI is InChI=1S/C26H28F3NO3S/c1-15(2)24-22(34-25(30-24)18-6-9-20(10-7-18)26(27,28)29)12-5-16(3)19-8-11-21(17(4)13-19)33-14-23(31)32/h6-11,13,15-16H,5,12,14H2,1-4H3,(H,31,32). The van der Waals surface area contributed by atoms with Gasteiger partial charge in [0.05, 0.1) is 11.3 Å². The molecule has 34 heavy (non-hydrogen) atoms. The summed E-state index contributed by atoms with van der Waals surface area (Å²) in [5.41, 5.74) is 3.03. The van der Waals surface area contributed by atoms with Gasteiger partial charge in [-0.15, -0.1) is 11.3 Å². The second-order valence-corrected chi connectivity index (χ2v) is 9.79. The first-order valence-electron chi connectivity index (χ1n) is 11.1. The third-order valence-corrected chi connectivity index (χ3v) is 6.84. The van der Waals surface area contributed by atoms with Gasteiger partial charge in [0.1, 0.15) is 10.8 Å². The van der Waals surface area contributed by atoms with Crippen molar-refractivity contribution in [2.75, 3.05) is 6.61 Å². The number of halogens is 3. The van der Waals surface area contributed by atoms with Crippen LogP contribution in [0, 0.1) is 6.92 Å². The van der Waals surface area contributed by atoms with Crippen LogP contribution in [0.3, 0.4) is 0 Å². The minimum absolute atomic E-state index is 0.206. The lowest BCUT2D eigenvalue weighted by atomic mass is 9.93. The molecule has 0 saturated heterocycles. The number of aliphatic carboxylic acids is 1. The molecule has 0 fully saturated rings. The number of aryl methyl sites for hydroxylation is 2. The number of hydrogen-bond donors (Lipinski definition) is 1. The molecule has 1 heterocycles. The third-order valence-electron chi connectivity index (χ3n) is 5.66. The van der Waals surface area contributed by atoms with Crippen LogP contribution in [0.5, 0.6) is 5.75 Å². The zero-order chi connectivity index (χ0) is 25.0. The van der Waals surface area contributed by atoms with E-state index in [1.165, 1.54) is 23.5 Å². The SMILES string of the molecule is Cc1cc(C(C)CCc2sc(-c3ccc(C(F)(F)F)cc3)nc2C(C)C)ccc1OCC(=O)O. The fourth-order valence-electron chi connectivity index (χ4n) is 3.71. The summed E-state index contributed by atoms with van der Waals surface area (Å²) in [6, 6.07) is 10.9. The van der Waals surface area contributed by atoms with Gasteiger partial charge in [-0.05, 0) is 60.9 Å².